The van der Waals surface area contributed by atoms with Gasteiger partial charge in [-0.2, -0.15) is 0 Å². The van der Waals surface area contributed by atoms with E-state index in [9.17, 15) is 8.42 Å². The zero-order valence-corrected chi connectivity index (χ0v) is 17.6. The average molecular weight is 407 g/mol. The average Bonchev–Trinajstić information content (AvgIpc) is 2.66. The molecule has 1 unspecified atom stereocenters. The van der Waals surface area contributed by atoms with E-state index >= 15 is 0 Å². The Morgan fingerprint density at radius 1 is 1.14 bits per heavy atom. The molecule has 6 nitrogen and oxygen atoms in total. The minimum absolute atomic E-state index is 0.0206. The zero-order chi connectivity index (χ0) is 20.6. The standard InChI is InChI=1S/C21H30N2O4S/c1-4-27-19-10-6-5-8-18(19)9-7-13-23-16(2)14-17-11-12-20(26-3)21(15-17)28(22,24)25/h5-6,8,10-12,15-16,23H,4,7,9,13-14H2,1-3H3,(H2,22,24,25). The highest BCUT2D eigenvalue weighted by Gasteiger charge is 2.16. The van der Waals surface area contributed by atoms with Gasteiger partial charge in [-0.05, 0) is 69.0 Å². The predicted octanol–water partition coefficient (Wildman–Crippen LogP) is 2.89. The van der Waals surface area contributed by atoms with E-state index < -0.39 is 10.0 Å². The second-order valence-electron chi connectivity index (χ2n) is 6.73. The summed E-state index contributed by atoms with van der Waals surface area (Å²) in [6.45, 7) is 5.59. The molecule has 0 saturated heterocycles. The molecule has 0 spiro atoms. The van der Waals surface area contributed by atoms with Crippen LogP contribution in [0.2, 0.25) is 0 Å². The third-order valence-corrected chi connectivity index (χ3v) is 5.40. The normalized spacial score (nSPS) is 12.6. The van der Waals surface area contributed by atoms with Gasteiger partial charge in [0, 0.05) is 6.04 Å². The molecule has 0 aliphatic carbocycles. The van der Waals surface area contributed by atoms with Crippen LogP contribution < -0.4 is 19.9 Å². The lowest BCUT2D eigenvalue weighted by molar-refractivity contribution is 0.336. The minimum Gasteiger partial charge on any atom is -0.495 e. The Balaban J connectivity index is 1.87. The lowest BCUT2D eigenvalue weighted by Gasteiger charge is -2.16. The summed E-state index contributed by atoms with van der Waals surface area (Å²) in [7, 11) is -2.39. The molecule has 0 saturated carbocycles. The molecule has 2 aromatic rings. The summed E-state index contributed by atoms with van der Waals surface area (Å²) >= 11 is 0. The Labute approximate surface area is 168 Å². The van der Waals surface area contributed by atoms with Gasteiger partial charge in [-0.3, -0.25) is 0 Å². The molecule has 3 N–H and O–H groups in total. The van der Waals surface area contributed by atoms with Crippen molar-refractivity contribution < 1.29 is 17.9 Å². The van der Waals surface area contributed by atoms with Gasteiger partial charge in [0.2, 0.25) is 10.0 Å². The van der Waals surface area contributed by atoms with Crippen LogP contribution in [0.25, 0.3) is 0 Å². The van der Waals surface area contributed by atoms with E-state index in [0.29, 0.717) is 13.0 Å². The van der Waals surface area contributed by atoms with Crippen molar-refractivity contribution in [3.05, 3.63) is 53.6 Å². The maximum Gasteiger partial charge on any atom is 0.241 e. The SMILES string of the molecule is CCOc1ccccc1CCCNC(C)Cc1ccc(OC)c(S(N)(=O)=O)c1. The molecule has 0 amide bonds. The molecule has 0 aliphatic heterocycles. The van der Waals surface area contributed by atoms with E-state index in [2.05, 4.69) is 18.3 Å². The van der Waals surface area contributed by atoms with Gasteiger partial charge in [-0.25, -0.2) is 13.6 Å². The van der Waals surface area contributed by atoms with Crippen molar-refractivity contribution in [1.29, 1.82) is 0 Å². The number of benzene rings is 2. The first-order valence-corrected chi connectivity index (χ1v) is 11.0. The molecule has 0 bridgehead atoms. The largest absolute Gasteiger partial charge is 0.495 e. The molecular weight excluding hydrogens is 376 g/mol. The number of hydrogen-bond acceptors (Lipinski definition) is 5. The fourth-order valence-electron chi connectivity index (χ4n) is 3.13. The topological polar surface area (TPSA) is 90.7 Å². The van der Waals surface area contributed by atoms with Gasteiger partial charge >= 0.3 is 0 Å². The number of sulfonamides is 1. The lowest BCUT2D eigenvalue weighted by atomic mass is 10.1. The fraction of sp³-hybridized carbons (Fsp3) is 0.429. The third kappa shape index (κ3) is 6.51. The van der Waals surface area contributed by atoms with E-state index in [1.165, 1.54) is 12.7 Å². The molecule has 154 valence electrons. The minimum atomic E-state index is -3.82. The number of rotatable bonds is 11. The smallest absolute Gasteiger partial charge is 0.241 e. The number of nitrogens with two attached hydrogens (primary N) is 1. The molecule has 0 fully saturated rings. The van der Waals surface area contributed by atoms with Gasteiger partial charge in [0.05, 0.1) is 13.7 Å². The van der Waals surface area contributed by atoms with Gasteiger partial charge in [0.1, 0.15) is 16.4 Å². The van der Waals surface area contributed by atoms with Crippen LogP contribution in [0.1, 0.15) is 31.4 Å². The Morgan fingerprint density at radius 3 is 2.57 bits per heavy atom. The quantitative estimate of drug-likeness (QED) is 0.560. The Hall–Kier alpha value is -2.09. The van der Waals surface area contributed by atoms with Crippen LogP contribution in [0.3, 0.4) is 0 Å². The monoisotopic (exact) mass is 406 g/mol. The van der Waals surface area contributed by atoms with Crippen molar-refractivity contribution in [2.75, 3.05) is 20.3 Å². The lowest BCUT2D eigenvalue weighted by Crippen LogP contribution is -2.29. The summed E-state index contributed by atoms with van der Waals surface area (Å²) in [5, 5.41) is 8.77. The van der Waals surface area contributed by atoms with E-state index in [-0.39, 0.29) is 16.7 Å². The summed E-state index contributed by atoms with van der Waals surface area (Å²) in [5.74, 6) is 1.21. The summed E-state index contributed by atoms with van der Waals surface area (Å²) in [4.78, 5) is 0.0206. The molecule has 2 rings (SSSR count). The van der Waals surface area contributed by atoms with Crippen LogP contribution in [0, 0.1) is 0 Å². The molecule has 0 aromatic heterocycles. The summed E-state index contributed by atoms with van der Waals surface area (Å²) in [6.07, 6.45) is 2.62. The molecule has 1 atom stereocenters. The third-order valence-electron chi connectivity index (χ3n) is 4.46. The number of hydrogen-bond donors (Lipinski definition) is 2. The van der Waals surface area contributed by atoms with Gasteiger partial charge in [0.15, 0.2) is 0 Å². The highest BCUT2D eigenvalue weighted by atomic mass is 32.2. The first kappa shape index (κ1) is 22.2. The van der Waals surface area contributed by atoms with E-state index in [1.807, 2.05) is 31.2 Å². The first-order chi connectivity index (χ1) is 13.3. The number of ether oxygens (including phenoxy) is 2. The van der Waals surface area contributed by atoms with Crippen LogP contribution in [0.15, 0.2) is 47.4 Å². The van der Waals surface area contributed by atoms with Crippen molar-refractivity contribution in [2.24, 2.45) is 5.14 Å². The van der Waals surface area contributed by atoms with Crippen molar-refractivity contribution in [3.63, 3.8) is 0 Å². The first-order valence-electron chi connectivity index (χ1n) is 9.49. The number of para-hydroxylation sites is 1. The highest BCUT2D eigenvalue weighted by Crippen LogP contribution is 2.24. The molecule has 0 radical (unpaired) electrons. The Kier molecular flexibility index (Phi) is 8.29. The van der Waals surface area contributed by atoms with Crippen molar-refractivity contribution in [1.82, 2.24) is 5.32 Å². The van der Waals surface area contributed by atoms with Crippen LogP contribution in [-0.4, -0.2) is 34.7 Å². The van der Waals surface area contributed by atoms with Gasteiger partial charge in [0.25, 0.3) is 0 Å². The van der Waals surface area contributed by atoms with Gasteiger partial charge in [-0.1, -0.05) is 24.3 Å². The summed E-state index contributed by atoms with van der Waals surface area (Å²) in [5.41, 5.74) is 2.11. The van der Waals surface area contributed by atoms with Crippen LogP contribution >= 0.6 is 0 Å². The predicted molar refractivity (Wildman–Crippen MR) is 111 cm³/mol. The molecule has 7 heteroatoms. The van der Waals surface area contributed by atoms with Crippen LogP contribution in [0.4, 0.5) is 0 Å². The van der Waals surface area contributed by atoms with Crippen molar-refractivity contribution in [3.8, 4) is 11.5 Å². The molecule has 28 heavy (non-hydrogen) atoms. The van der Waals surface area contributed by atoms with Crippen LogP contribution in [0.5, 0.6) is 11.5 Å². The second-order valence-corrected chi connectivity index (χ2v) is 8.26. The zero-order valence-electron chi connectivity index (χ0n) is 16.8. The van der Waals surface area contributed by atoms with Gasteiger partial charge in [-0.15, -0.1) is 0 Å². The molecule has 2 aromatic carbocycles. The number of nitrogens with one attached hydrogen (secondary N) is 1. The summed E-state index contributed by atoms with van der Waals surface area (Å²) in [6, 6.07) is 13.4. The molecule has 0 heterocycles. The Morgan fingerprint density at radius 2 is 1.89 bits per heavy atom. The highest BCUT2D eigenvalue weighted by molar-refractivity contribution is 7.89. The number of methoxy groups -OCH3 is 1. The van der Waals surface area contributed by atoms with E-state index in [4.69, 9.17) is 14.6 Å². The summed E-state index contributed by atoms with van der Waals surface area (Å²) < 4.78 is 34.2. The van der Waals surface area contributed by atoms with Crippen molar-refractivity contribution >= 4 is 10.0 Å². The fourth-order valence-corrected chi connectivity index (χ4v) is 3.88. The van der Waals surface area contributed by atoms with E-state index in [0.717, 1.165) is 30.7 Å². The van der Waals surface area contributed by atoms with Crippen LogP contribution in [-0.2, 0) is 22.9 Å². The molecule has 0 aliphatic rings. The molecular formula is C21H30N2O4S. The van der Waals surface area contributed by atoms with Gasteiger partial charge < -0.3 is 14.8 Å². The number of primary sulfonamides is 1. The van der Waals surface area contributed by atoms with E-state index in [1.54, 1.807) is 12.1 Å². The number of aryl methyl sites for hydroxylation is 1. The second kappa shape index (κ2) is 10.5. The maximum absolute atomic E-state index is 11.7. The maximum atomic E-state index is 11.7. The van der Waals surface area contributed by atoms with Crippen molar-refractivity contribution in [2.45, 2.75) is 44.0 Å². The Bertz CT molecular complexity index is 868.